The number of carboxylic acids is 1. The number of halogens is 1. The highest BCUT2D eigenvalue weighted by molar-refractivity contribution is 7.80. The number of thiol groups is 1. The molecule has 3 nitrogen and oxygen atoms in total. The Kier molecular flexibility index (Phi) is 6.36. The Morgan fingerprint density at radius 2 is 2.00 bits per heavy atom. The van der Waals surface area contributed by atoms with Crippen molar-refractivity contribution in [1.29, 1.82) is 0 Å². The minimum atomic E-state index is -0.823. The molecule has 0 saturated heterocycles. The molecule has 0 aromatic heterocycles. The Hall–Kier alpha value is -0.870. The standard InChI is InChI=1S/C13H18ClNO2S/c1-10(13(16)17)15(8-2-3-9-18)12-6-4-11(14)5-7-12/h4-7,10,18H,2-3,8-9H2,1H3,(H,16,17)/t10-/m0/s1. The SMILES string of the molecule is C[C@@H](C(=O)O)N(CCCCS)c1ccc(Cl)cc1. The van der Waals surface area contributed by atoms with Crippen LogP contribution >= 0.6 is 24.2 Å². The van der Waals surface area contributed by atoms with E-state index < -0.39 is 12.0 Å². The maximum Gasteiger partial charge on any atom is 0.326 e. The van der Waals surface area contributed by atoms with Gasteiger partial charge in [-0.1, -0.05) is 11.6 Å². The second-order valence-electron chi connectivity index (χ2n) is 4.11. The number of aliphatic carboxylic acids is 1. The van der Waals surface area contributed by atoms with Gasteiger partial charge in [0.15, 0.2) is 0 Å². The lowest BCUT2D eigenvalue weighted by molar-refractivity contribution is -0.138. The van der Waals surface area contributed by atoms with E-state index in [0.29, 0.717) is 11.6 Å². The highest BCUT2D eigenvalue weighted by atomic mass is 35.5. The predicted molar refractivity (Wildman–Crippen MR) is 79.0 cm³/mol. The average Bonchev–Trinajstić information content (AvgIpc) is 2.35. The van der Waals surface area contributed by atoms with Crippen molar-refractivity contribution in [3.05, 3.63) is 29.3 Å². The summed E-state index contributed by atoms with van der Waals surface area (Å²) >= 11 is 10.0. The lowest BCUT2D eigenvalue weighted by atomic mass is 10.2. The molecule has 1 N–H and O–H groups in total. The van der Waals surface area contributed by atoms with Crippen LogP contribution in [0.3, 0.4) is 0 Å². The van der Waals surface area contributed by atoms with Crippen LogP contribution in [0.1, 0.15) is 19.8 Å². The fourth-order valence-corrected chi connectivity index (χ4v) is 2.06. The van der Waals surface area contributed by atoms with Gasteiger partial charge in [0, 0.05) is 17.3 Å². The summed E-state index contributed by atoms with van der Waals surface area (Å²) < 4.78 is 0. The quantitative estimate of drug-likeness (QED) is 0.597. The maximum absolute atomic E-state index is 11.1. The summed E-state index contributed by atoms with van der Waals surface area (Å²) in [6.07, 6.45) is 1.89. The molecule has 1 aromatic rings. The molecule has 0 saturated carbocycles. The highest BCUT2D eigenvalue weighted by Crippen LogP contribution is 2.21. The van der Waals surface area contributed by atoms with Crippen molar-refractivity contribution in [1.82, 2.24) is 0 Å². The first-order chi connectivity index (χ1) is 8.56. The van der Waals surface area contributed by atoms with Gasteiger partial charge in [0.2, 0.25) is 0 Å². The molecular formula is C13H18ClNO2S. The van der Waals surface area contributed by atoms with E-state index in [0.717, 1.165) is 24.3 Å². The van der Waals surface area contributed by atoms with Crippen molar-refractivity contribution < 1.29 is 9.90 Å². The molecule has 0 unspecified atom stereocenters. The number of anilines is 1. The van der Waals surface area contributed by atoms with Gasteiger partial charge < -0.3 is 10.0 Å². The zero-order chi connectivity index (χ0) is 13.5. The van der Waals surface area contributed by atoms with Crippen LogP contribution in [0, 0.1) is 0 Å². The lowest BCUT2D eigenvalue weighted by Crippen LogP contribution is -2.39. The minimum absolute atomic E-state index is 0.550. The molecule has 100 valence electrons. The third kappa shape index (κ3) is 4.42. The first kappa shape index (κ1) is 15.2. The van der Waals surface area contributed by atoms with Gasteiger partial charge in [-0.05, 0) is 49.8 Å². The highest BCUT2D eigenvalue weighted by Gasteiger charge is 2.20. The second kappa shape index (κ2) is 7.54. The summed E-state index contributed by atoms with van der Waals surface area (Å²) in [6.45, 7) is 2.40. The molecule has 0 aliphatic heterocycles. The third-order valence-electron chi connectivity index (χ3n) is 2.79. The van der Waals surface area contributed by atoms with Crippen LogP contribution in [0.4, 0.5) is 5.69 Å². The number of carboxylic acid groups (broad SMARTS) is 1. The van der Waals surface area contributed by atoms with Crippen molar-refractivity contribution in [3.63, 3.8) is 0 Å². The topological polar surface area (TPSA) is 40.5 Å². The molecular weight excluding hydrogens is 270 g/mol. The van der Waals surface area contributed by atoms with E-state index >= 15 is 0 Å². The van der Waals surface area contributed by atoms with Crippen molar-refractivity contribution in [2.45, 2.75) is 25.8 Å². The molecule has 0 amide bonds. The molecule has 0 heterocycles. The van der Waals surface area contributed by atoms with Crippen molar-refractivity contribution in [3.8, 4) is 0 Å². The van der Waals surface area contributed by atoms with E-state index in [2.05, 4.69) is 12.6 Å². The number of nitrogens with zero attached hydrogens (tertiary/aromatic N) is 1. The Morgan fingerprint density at radius 3 is 2.50 bits per heavy atom. The first-order valence-electron chi connectivity index (χ1n) is 5.92. The van der Waals surface area contributed by atoms with Gasteiger partial charge in [-0.15, -0.1) is 0 Å². The molecule has 0 fully saturated rings. The number of hydrogen-bond acceptors (Lipinski definition) is 3. The van der Waals surface area contributed by atoms with Crippen molar-refractivity contribution >= 4 is 35.9 Å². The van der Waals surface area contributed by atoms with Crippen LogP contribution in [-0.4, -0.2) is 29.4 Å². The van der Waals surface area contributed by atoms with E-state index in [1.807, 2.05) is 17.0 Å². The van der Waals surface area contributed by atoms with E-state index in [-0.39, 0.29) is 0 Å². The third-order valence-corrected chi connectivity index (χ3v) is 3.36. The van der Waals surface area contributed by atoms with Crippen LogP contribution in [0.15, 0.2) is 24.3 Å². The van der Waals surface area contributed by atoms with Gasteiger partial charge in [-0.25, -0.2) is 4.79 Å². The van der Waals surface area contributed by atoms with Crippen molar-refractivity contribution in [2.75, 3.05) is 17.2 Å². The summed E-state index contributed by atoms with van der Waals surface area (Å²) in [7, 11) is 0. The summed E-state index contributed by atoms with van der Waals surface area (Å²) in [5.74, 6) is -0.00792. The normalized spacial score (nSPS) is 12.2. The molecule has 5 heteroatoms. The van der Waals surface area contributed by atoms with Gasteiger partial charge in [-0.2, -0.15) is 12.6 Å². The Balaban J connectivity index is 2.82. The number of rotatable bonds is 7. The van der Waals surface area contributed by atoms with E-state index in [1.165, 1.54) is 0 Å². The fourth-order valence-electron chi connectivity index (χ4n) is 1.71. The summed E-state index contributed by atoms with van der Waals surface area (Å²) in [4.78, 5) is 13.0. The van der Waals surface area contributed by atoms with Gasteiger partial charge >= 0.3 is 5.97 Å². The Bertz CT molecular complexity index is 383. The van der Waals surface area contributed by atoms with E-state index in [9.17, 15) is 4.79 Å². The average molecular weight is 288 g/mol. The zero-order valence-corrected chi connectivity index (χ0v) is 12.0. The van der Waals surface area contributed by atoms with Crippen LogP contribution in [0.5, 0.6) is 0 Å². The monoisotopic (exact) mass is 287 g/mol. The summed E-state index contributed by atoms with van der Waals surface area (Å²) in [6, 6.07) is 6.70. The molecule has 18 heavy (non-hydrogen) atoms. The second-order valence-corrected chi connectivity index (χ2v) is 5.00. The molecule has 1 rings (SSSR count). The van der Waals surface area contributed by atoms with Gasteiger partial charge in [0.25, 0.3) is 0 Å². The van der Waals surface area contributed by atoms with Crippen LogP contribution in [-0.2, 0) is 4.79 Å². The summed E-state index contributed by atoms with van der Waals surface area (Å²) in [5.41, 5.74) is 0.883. The molecule has 0 bridgehead atoms. The first-order valence-corrected chi connectivity index (χ1v) is 6.93. The van der Waals surface area contributed by atoms with Crippen molar-refractivity contribution in [2.24, 2.45) is 0 Å². The molecule has 1 aromatic carbocycles. The molecule has 1 atom stereocenters. The van der Waals surface area contributed by atoms with Crippen LogP contribution in [0.25, 0.3) is 0 Å². The largest absolute Gasteiger partial charge is 0.480 e. The predicted octanol–water partition coefficient (Wildman–Crippen LogP) is 3.33. The molecule has 0 radical (unpaired) electrons. The number of carbonyl (C=O) groups is 1. The number of hydrogen-bond donors (Lipinski definition) is 2. The fraction of sp³-hybridized carbons (Fsp3) is 0.462. The van der Waals surface area contributed by atoms with E-state index in [4.69, 9.17) is 16.7 Å². The van der Waals surface area contributed by atoms with Crippen LogP contribution < -0.4 is 4.90 Å². The van der Waals surface area contributed by atoms with Gasteiger partial charge in [-0.3, -0.25) is 0 Å². The zero-order valence-electron chi connectivity index (χ0n) is 10.3. The molecule has 0 aliphatic rings. The number of benzene rings is 1. The Labute approximate surface area is 118 Å². The molecule has 0 aliphatic carbocycles. The van der Waals surface area contributed by atoms with Gasteiger partial charge in [0.05, 0.1) is 0 Å². The number of unbranched alkanes of at least 4 members (excludes halogenated alkanes) is 1. The lowest BCUT2D eigenvalue weighted by Gasteiger charge is -2.28. The van der Waals surface area contributed by atoms with E-state index in [1.54, 1.807) is 19.1 Å². The minimum Gasteiger partial charge on any atom is -0.480 e. The van der Waals surface area contributed by atoms with Gasteiger partial charge in [0.1, 0.15) is 6.04 Å². The van der Waals surface area contributed by atoms with Crippen LogP contribution in [0.2, 0.25) is 5.02 Å². The summed E-state index contributed by atoms with van der Waals surface area (Å²) in [5, 5.41) is 9.79. The molecule has 0 spiro atoms. The smallest absolute Gasteiger partial charge is 0.326 e. The Morgan fingerprint density at radius 1 is 1.39 bits per heavy atom. The maximum atomic E-state index is 11.1.